The highest BCUT2D eigenvalue weighted by Crippen LogP contribution is 2.30. The summed E-state index contributed by atoms with van der Waals surface area (Å²) < 4.78 is 0. The third-order valence-corrected chi connectivity index (χ3v) is 5.16. The topological polar surface area (TPSA) is 56.0 Å². The highest BCUT2D eigenvalue weighted by molar-refractivity contribution is 7.99. The van der Waals surface area contributed by atoms with E-state index in [1.165, 1.54) is 19.3 Å². The molecule has 0 radical (unpaired) electrons. The lowest BCUT2D eigenvalue weighted by atomic mass is 10.1. The molecule has 1 aliphatic carbocycles. The van der Waals surface area contributed by atoms with E-state index in [-0.39, 0.29) is 0 Å². The van der Waals surface area contributed by atoms with Crippen molar-refractivity contribution in [3.63, 3.8) is 0 Å². The number of aliphatic hydroxyl groups excluding tert-OH is 1. The molecule has 2 rings (SSSR count). The van der Waals surface area contributed by atoms with Crippen LogP contribution in [0.15, 0.2) is 24.3 Å². The molecule has 1 aliphatic rings. The van der Waals surface area contributed by atoms with Crippen LogP contribution < -0.4 is 5.32 Å². The maximum Gasteiger partial charge on any atom is 0.0991 e. The van der Waals surface area contributed by atoms with E-state index in [0.717, 1.165) is 11.3 Å². The zero-order valence-electron chi connectivity index (χ0n) is 11.9. The molecule has 0 aromatic heterocycles. The van der Waals surface area contributed by atoms with Gasteiger partial charge in [0.25, 0.3) is 0 Å². The zero-order valence-corrected chi connectivity index (χ0v) is 12.7. The van der Waals surface area contributed by atoms with Gasteiger partial charge in [-0.2, -0.15) is 17.0 Å². The molecular formula is C16H22N2OS. The molecule has 0 unspecified atom stereocenters. The number of nitrogens with one attached hydrogen (secondary N) is 1. The monoisotopic (exact) mass is 290 g/mol. The van der Waals surface area contributed by atoms with Crippen LogP contribution in [0.5, 0.6) is 0 Å². The first-order valence-electron chi connectivity index (χ1n) is 7.27. The van der Waals surface area contributed by atoms with E-state index >= 15 is 0 Å². The van der Waals surface area contributed by atoms with E-state index in [1.807, 2.05) is 23.9 Å². The van der Waals surface area contributed by atoms with E-state index in [9.17, 15) is 5.11 Å². The third kappa shape index (κ3) is 3.99. The molecule has 1 saturated carbocycles. The molecule has 0 aliphatic heterocycles. The molecule has 1 fully saturated rings. The second-order valence-corrected chi connectivity index (χ2v) is 6.71. The first kappa shape index (κ1) is 15.4. The van der Waals surface area contributed by atoms with E-state index in [2.05, 4.69) is 18.3 Å². The first-order valence-corrected chi connectivity index (χ1v) is 8.32. The van der Waals surface area contributed by atoms with Gasteiger partial charge in [-0.3, -0.25) is 0 Å². The number of nitriles is 1. The van der Waals surface area contributed by atoms with Crippen molar-refractivity contribution in [3.8, 4) is 6.07 Å². The van der Waals surface area contributed by atoms with Crippen molar-refractivity contribution in [2.45, 2.75) is 43.6 Å². The summed E-state index contributed by atoms with van der Waals surface area (Å²) in [5.41, 5.74) is 1.50. The minimum absolute atomic E-state index is 0.504. The maximum atomic E-state index is 10.2. The Morgan fingerprint density at radius 3 is 2.80 bits per heavy atom. The molecule has 4 heteroatoms. The summed E-state index contributed by atoms with van der Waals surface area (Å²) in [6.45, 7) is 2.78. The largest absolute Gasteiger partial charge is 0.387 e. The fourth-order valence-electron chi connectivity index (χ4n) is 2.73. The lowest BCUT2D eigenvalue weighted by Gasteiger charge is -2.22. The second-order valence-electron chi connectivity index (χ2n) is 5.19. The molecule has 1 aromatic carbocycles. The first-order chi connectivity index (χ1) is 9.74. The Balaban J connectivity index is 1.85. The van der Waals surface area contributed by atoms with Crippen molar-refractivity contribution in [3.05, 3.63) is 35.4 Å². The van der Waals surface area contributed by atoms with E-state index in [0.29, 0.717) is 23.4 Å². The van der Waals surface area contributed by atoms with Crippen LogP contribution in [0.1, 0.15) is 43.4 Å². The van der Waals surface area contributed by atoms with Gasteiger partial charge < -0.3 is 10.4 Å². The van der Waals surface area contributed by atoms with Gasteiger partial charge in [-0.15, -0.1) is 0 Å². The molecule has 0 spiro atoms. The zero-order chi connectivity index (χ0) is 14.4. The number of nitrogens with zero attached hydrogens (tertiary/aromatic N) is 1. The third-order valence-electron chi connectivity index (χ3n) is 3.83. The average Bonchev–Trinajstić information content (AvgIpc) is 2.92. The maximum absolute atomic E-state index is 10.2. The van der Waals surface area contributed by atoms with Crippen LogP contribution >= 0.6 is 11.8 Å². The molecule has 0 amide bonds. The van der Waals surface area contributed by atoms with Crippen molar-refractivity contribution in [2.75, 3.05) is 12.3 Å². The van der Waals surface area contributed by atoms with Crippen LogP contribution in [0, 0.1) is 11.3 Å². The van der Waals surface area contributed by atoms with Crippen LogP contribution in [0.4, 0.5) is 0 Å². The molecule has 0 bridgehead atoms. The lowest BCUT2D eigenvalue weighted by Crippen LogP contribution is -2.37. The number of hydrogen-bond donors (Lipinski definition) is 2. The Morgan fingerprint density at radius 2 is 2.15 bits per heavy atom. The van der Waals surface area contributed by atoms with Gasteiger partial charge in [-0.25, -0.2) is 0 Å². The van der Waals surface area contributed by atoms with Crippen LogP contribution in [-0.2, 0) is 0 Å². The van der Waals surface area contributed by atoms with Gasteiger partial charge in [0.2, 0.25) is 0 Å². The van der Waals surface area contributed by atoms with Crippen LogP contribution in [0.25, 0.3) is 0 Å². The number of rotatable bonds is 6. The Hall–Kier alpha value is -1.02. The smallest absolute Gasteiger partial charge is 0.0991 e. The minimum atomic E-state index is -0.504. The van der Waals surface area contributed by atoms with E-state index in [1.54, 1.807) is 12.1 Å². The predicted octanol–water partition coefficient (Wildman–Crippen LogP) is 2.86. The van der Waals surface area contributed by atoms with Crippen LogP contribution in [0.2, 0.25) is 0 Å². The molecule has 0 heterocycles. The summed E-state index contributed by atoms with van der Waals surface area (Å²) in [6, 6.07) is 9.78. The normalized spacial score (nSPS) is 23.4. The number of benzene rings is 1. The highest BCUT2D eigenvalue weighted by atomic mass is 32.2. The van der Waals surface area contributed by atoms with Gasteiger partial charge in [0.15, 0.2) is 0 Å². The Bertz CT molecular complexity index is 455. The fraction of sp³-hybridized carbons (Fsp3) is 0.562. The number of hydrogen-bond acceptors (Lipinski definition) is 4. The second kappa shape index (κ2) is 7.68. The van der Waals surface area contributed by atoms with Crippen LogP contribution in [-0.4, -0.2) is 28.7 Å². The molecule has 20 heavy (non-hydrogen) atoms. The predicted molar refractivity (Wildman–Crippen MR) is 83.7 cm³/mol. The number of aliphatic hydroxyl groups is 1. The highest BCUT2D eigenvalue weighted by Gasteiger charge is 2.27. The lowest BCUT2D eigenvalue weighted by molar-refractivity contribution is 0.170. The molecule has 2 N–H and O–H groups in total. The summed E-state index contributed by atoms with van der Waals surface area (Å²) >= 11 is 2.02. The van der Waals surface area contributed by atoms with E-state index in [4.69, 9.17) is 5.26 Å². The summed E-state index contributed by atoms with van der Waals surface area (Å²) in [7, 11) is 0. The summed E-state index contributed by atoms with van der Waals surface area (Å²) in [5.74, 6) is 1.15. The van der Waals surface area contributed by atoms with Crippen molar-refractivity contribution in [2.24, 2.45) is 0 Å². The van der Waals surface area contributed by atoms with Crippen molar-refractivity contribution in [1.82, 2.24) is 5.32 Å². The van der Waals surface area contributed by atoms with Gasteiger partial charge in [0, 0.05) is 17.8 Å². The fourth-order valence-corrected chi connectivity index (χ4v) is 3.96. The van der Waals surface area contributed by atoms with Gasteiger partial charge in [0.05, 0.1) is 17.7 Å². The van der Waals surface area contributed by atoms with Crippen molar-refractivity contribution in [1.29, 1.82) is 5.26 Å². The summed E-state index contributed by atoms with van der Waals surface area (Å²) in [5, 5.41) is 23.2. The van der Waals surface area contributed by atoms with Gasteiger partial charge >= 0.3 is 0 Å². The standard InChI is InChI=1S/C16H22N2OS/c1-2-20-16-5-3-4-14(16)18-11-15(19)13-8-6-12(10-17)7-9-13/h6-9,14-16,18-19H,2-5,11H2,1H3/t14-,15-,16+/m0/s1. The van der Waals surface area contributed by atoms with Gasteiger partial charge in [0.1, 0.15) is 0 Å². The van der Waals surface area contributed by atoms with Gasteiger partial charge in [-0.1, -0.05) is 25.5 Å². The number of thioether (sulfide) groups is 1. The molecule has 3 nitrogen and oxygen atoms in total. The molecule has 3 atom stereocenters. The molecule has 108 valence electrons. The van der Waals surface area contributed by atoms with Crippen molar-refractivity contribution < 1.29 is 5.11 Å². The van der Waals surface area contributed by atoms with Gasteiger partial charge in [-0.05, 0) is 36.3 Å². The quantitative estimate of drug-likeness (QED) is 0.846. The minimum Gasteiger partial charge on any atom is -0.387 e. The average molecular weight is 290 g/mol. The van der Waals surface area contributed by atoms with Crippen molar-refractivity contribution >= 4 is 11.8 Å². The Kier molecular flexibility index (Phi) is 5.90. The Morgan fingerprint density at radius 1 is 1.40 bits per heavy atom. The van der Waals surface area contributed by atoms with Crippen LogP contribution in [0.3, 0.4) is 0 Å². The molecule has 0 saturated heterocycles. The van der Waals surface area contributed by atoms with E-state index < -0.39 is 6.10 Å². The Labute approximate surface area is 125 Å². The summed E-state index contributed by atoms with van der Waals surface area (Å²) in [4.78, 5) is 0. The molecule has 1 aromatic rings. The SMILES string of the molecule is CCS[C@@H]1CCC[C@@H]1NC[C@H](O)c1ccc(C#N)cc1. The molecular weight excluding hydrogens is 268 g/mol. The summed E-state index contributed by atoms with van der Waals surface area (Å²) in [6.07, 6.45) is 3.26.